The molecule has 0 unspecified atom stereocenters. The minimum absolute atomic E-state index is 0. The number of pyridine rings is 1. The molecule has 3 aromatic rings. The van der Waals surface area contributed by atoms with Gasteiger partial charge in [0.05, 0.1) is 11.8 Å². The molecule has 0 saturated carbocycles. The number of nitrogens with one attached hydrogen (secondary N) is 2. The van der Waals surface area contributed by atoms with Gasteiger partial charge in [-0.05, 0) is 36.8 Å². The number of hydrogen-bond donors (Lipinski definition) is 2. The molecule has 0 aliphatic heterocycles. The number of alkyl halides is 3. The van der Waals surface area contributed by atoms with E-state index in [4.69, 9.17) is 0 Å². The molecule has 4 N–H and O–H groups in total. The van der Waals surface area contributed by atoms with Crippen molar-refractivity contribution in [2.45, 2.75) is 19.6 Å². The van der Waals surface area contributed by atoms with E-state index in [0.717, 1.165) is 34.5 Å². The van der Waals surface area contributed by atoms with Gasteiger partial charge in [-0.1, -0.05) is 36.4 Å². The smallest absolute Gasteiger partial charge is 0.693 e. The summed E-state index contributed by atoms with van der Waals surface area (Å²) in [6.07, 6.45) is 1.27. The molecular formula is C24H23F3N5OU+. The zero-order valence-corrected chi connectivity index (χ0v) is 22.5. The van der Waals surface area contributed by atoms with E-state index >= 15 is 0 Å². The number of carbonyl (C=O) groups excluding carboxylic acids is 1. The normalized spacial score (nSPS) is 10.7. The van der Waals surface area contributed by atoms with Crippen molar-refractivity contribution in [2.75, 3.05) is 5.32 Å². The fourth-order valence-corrected chi connectivity index (χ4v) is 2.98. The number of anilines is 1. The van der Waals surface area contributed by atoms with Crippen molar-refractivity contribution in [3.63, 3.8) is 0 Å². The number of aryl methyl sites for hydroxylation is 1. The summed E-state index contributed by atoms with van der Waals surface area (Å²) in [5.41, 5.74) is 3.25. The first-order valence-corrected chi connectivity index (χ1v) is 9.63. The molecule has 2 aromatic carbocycles. The molecule has 0 saturated heterocycles. The van der Waals surface area contributed by atoms with Crippen LogP contribution in [0.25, 0.3) is 17.3 Å². The fourth-order valence-electron chi connectivity index (χ4n) is 2.98. The summed E-state index contributed by atoms with van der Waals surface area (Å²) in [5, 5.41) is 4.64. The van der Waals surface area contributed by atoms with Gasteiger partial charge in [0.25, 0.3) is 0 Å². The van der Waals surface area contributed by atoms with Gasteiger partial charge in [-0.2, -0.15) is 13.2 Å². The van der Waals surface area contributed by atoms with E-state index in [0.29, 0.717) is 6.54 Å². The topological polar surface area (TPSA) is 90.5 Å². The number of aromatic nitrogens is 1. The van der Waals surface area contributed by atoms with Gasteiger partial charge < -0.3 is 21.6 Å². The number of urea groups is 1. The van der Waals surface area contributed by atoms with Crippen LogP contribution < -0.4 is 10.6 Å². The van der Waals surface area contributed by atoms with Crippen LogP contribution in [0.15, 0.2) is 73.1 Å². The van der Waals surface area contributed by atoms with Crippen LogP contribution in [-0.4, -0.2) is 22.3 Å². The second-order valence-electron chi connectivity index (χ2n) is 7.01. The Morgan fingerprint density at radius 1 is 1.15 bits per heavy atom. The molecule has 0 bridgehead atoms. The van der Waals surface area contributed by atoms with Crippen molar-refractivity contribution >= 4 is 18.4 Å². The van der Waals surface area contributed by atoms with E-state index in [1.807, 2.05) is 43.3 Å². The third-order valence-corrected chi connectivity index (χ3v) is 4.54. The summed E-state index contributed by atoms with van der Waals surface area (Å²) in [5.74, 6) is 0. The maximum absolute atomic E-state index is 12.7. The van der Waals surface area contributed by atoms with Crippen LogP contribution in [0.2, 0.25) is 0 Å². The van der Waals surface area contributed by atoms with Crippen LogP contribution in [0.1, 0.15) is 16.8 Å². The van der Waals surface area contributed by atoms with E-state index in [2.05, 4.69) is 28.5 Å². The zero-order chi connectivity index (χ0) is 23.1. The maximum Gasteiger partial charge on any atom is 2.00 e. The monoisotopic (exact) mass is 692 g/mol. The molecule has 1 aromatic heterocycles. The van der Waals surface area contributed by atoms with E-state index in [9.17, 15) is 18.0 Å². The quantitative estimate of drug-likeness (QED) is 0.142. The average Bonchev–Trinajstić information content (AvgIpc) is 2.74. The molecule has 0 aliphatic rings. The van der Waals surface area contributed by atoms with Crippen molar-refractivity contribution < 1.29 is 53.7 Å². The van der Waals surface area contributed by atoms with Crippen molar-refractivity contribution in [1.29, 1.82) is 0 Å². The Labute approximate surface area is 220 Å². The van der Waals surface area contributed by atoms with Crippen LogP contribution in [-0.2, 0) is 12.7 Å². The minimum Gasteiger partial charge on any atom is -0.693 e. The van der Waals surface area contributed by atoms with E-state index in [-0.39, 0.29) is 43.0 Å². The number of rotatable bonds is 6. The molecule has 0 spiro atoms. The molecule has 3 rings (SSSR count). The molecule has 0 atom stereocenters. The molecule has 34 heavy (non-hydrogen) atoms. The third-order valence-electron chi connectivity index (χ3n) is 4.54. The average molecular weight is 693 g/mol. The maximum atomic E-state index is 12.7. The molecule has 0 radical (unpaired) electrons. The van der Waals surface area contributed by atoms with E-state index in [1.165, 1.54) is 18.3 Å². The Hall–Kier alpha value is -2.93. The van der Waals surface area contributed by atoms with Gasteiger partial charge in [-0.25, -0.2) is 4.58 Å². The SMILES string of the molecule is C=[N+](C=[C-]NC(=O)Nc1cccc(C(F)(F)F)c1)Cc1ccc(-c2cccnc2C)cc1.[NH2-].[U+2]. The van der Waals surface area contributed by atoms with Gasteiger partial charge in [0.2, 0.25) is 0 Å². The van der Waals surface area contributed by atoms with E-state index < -0.39 is 17.8 Å². The molecule has 0 aliphatic carbocycles. The minimum atomic E-state index is -4.48. The van der Waals surface area contributed by atoms with Crippen molar-refractivity contribution in [3.05, 3.63) is 102 Å². The summed E-state index contributed by atoms with van der Waals surface area (Å²) >= 11 is 0. The summed E-state index contributed by atoms with van der Waals surface area (Å²) in [6, 6.07) is 15.5. The van der Waals surface area contributed by atoms with Crippen LogP contribution in [0.3, 0.4) is 0 Å². The van der Waals surface area contributed by atoms with Crippen LogP contribution in [0.4, 0.5) is 23.7 Å². The first kappa shape index (κ1) is 29.1. The molecule has 174 valence electrons. The number of amides is 2. The summed E-state index contributed by atoms with van der Waals surface area (Å²) in [7, 11) is 0. The standard InChI is InChI=1S/C24H21F3N4O.H2N.U/c1-17-22(7-4-12-28-17)19-10-8-18(9-11-19)16-31(2)14-13-29-23(32)30-21-6-3-5-20(15-21)24(25,26)27;;/h3-12,14-15H,2,16H2,1H3,(H2,29,30,32);1H2;/q;-1;+2. The van der Waals surface area contributed by atoms with Gasteiger partial charge in [0.15, 0.2) is 12.6 Å². The van der Waals surface area contributed by atoms with Crippen LogP contribution >= 0.6 is 0 Å². The van der Waals surface area contributed by atoms with Gasteiger partial charge in [0, 0.05) is 28.7 Å². The third kappa shape index (κ3) is 8.45. The second kappa shape index (κ2) is 13.1. The Morgan fingerprint density at radius 3 is 2.50 bits per heavy atom. The summed E-state index contributed by atoms with van der Waals surface area (Å²) < 4.78 is 39.8. The number of nitrogens with zero attached hydrogens (tertiary/aromatic N) is 2. The van der Waals surface area contributed by atoms with E-state index in [1.54, 1.807) is 10.8 Å². The number of halogens is 3. The Kier molecular flexibility index (Phi) is 11.2. The van der Waals surface area contributed by atoms with Crippen LogP contribution in [0, 0.1) is 44.2 Å². The molecule has 0 fully saturated rings. The van der Waals surface area contributed by atoms with Gasteiger partial charge >= 0.3 is 37.3 Å². The Balaban J connectivity index is 0.00000289. The van der Waals surface area contributed by atoms with Crippen molar-refractivity contribution in [2.24, 2.45) is 0 Å². The molecule has 2 amide bonds. The molecule has 10 heteroatoms. The number of carbonyl (C=O) groups is 1. The van der Waals surface area contributed by atoms with Gasteiger partial charge in [0.1, 0.15) is 6.72 Å². The number of hydrogen-bond acceptors (Lipinski definition) is 2. The largest absolute Gasteiger partial charge is 2.00 e. The first-order valence-electron chi connectivity index (χ1n) is 9.63. The van der Waals surface area contributed by atoms with Crippen molar-refractivity contribution in [1.82, 2.24) is 10.3 Å². The Morgan fingerprint density at radius 2 is 1.85 bits per heavy atom. The molecule has 1 heterocycles. The zero-order valence-electron chi connectivity index (χ0n) is 18.4. The summed E-state index contributed by atoms with van der Waals surface area (Å²) in [4.78, 5) is 16.2. The predicted molar refractivity (Wildman–Crippen MR) is 122 cm³/mol. The van der Waals surface area contributed by atoms with Gasteiger partial charge in [-0.15, -0.1) is 6.20 Å². The summed E-state index contributed by atoms with van der Waals surface area (Å²) in [6.45, 7) is 6.28. The Bertz CT molecular complexity index is 1150. The second-order valence-corrected chi connectivity index (χ2v) is 7.01. The number of nitrogens with two attached hydrogens (primary N) is 1. The molecule has 6 nitrogen and oxygen atoms in total. The van der Waals surface area contributed by atoms with Gasteiger partial charge in [-0.3, -0.25) is 4.98 Å². The van der Waals surface area contributed by atoms with Crippen molar-refractivity contribution in [3.8, 4) is 11.1 Å². The predicted octanol–water partition coefficient (Wildman–Crippen LogP) is 6.10. The molecular weight excluding hydrogens is 669 g/mol. The number of benzene rings is 2. The first-order chi connectivity index (χ1) is 15.2. The van der Waals surface area contributed by atoms with Crippen LogP contribution in [0.5, 0.6) is 0 Å². The fraction of sp³-hybridized carbons (Fsp3) is 0.125.